The van der Waals surface area contributed by atoms with Gasteiger partial charge in [-0.1, -0.05) is 56.4 Å². The lowest BCUT2D eigenvalue weighted by molar-refractivity contribution is -0.163. The molecule has 0 radical (unpaired) electrons. The van der Waals surface area contributed by atoms with Crippen molar-refractivity contribution >= 4 is 0 Å². The standard InChI is InChI=1S/C40H60O6/c1(3-12-30-43-38-16-6-14-32-45-38)10-28-41-36-22-18-34(19-23-36)40(26-8-5-9-27-40)35-20-24-37(25-21-35)42-29-11-2-4-13-31-44-39-17-7-15-33-46-39/h18-25,38-39H,1-17,26-33H2/t38-,39-/m0/s1. The number of hydrogen-bond donors (Lipinski definition) is 0. The van der Waals surface area contributed by atoms with Gasteiger partial charge in [-0.2, -0.15) is 0 Å². The second-order valence-electron chi connectivity index (χ2n) is 13.6. The summed E-state index contributed by atoms with van der Waals surface area (Å²) < 4.78 is 35.2. The second kappa shape index (κ2) is 20.3. The number of benzene rings is 2. The molecule has 6 heteroatoms. The van der Waals surface area contributed by atoms with Gasteiger partial charge in [-0.25, -0.2) is 0 Å². The van der Waals surface area contributed by atoms with Crippen molar-refractivity contribution in [3.63, 3.8) is 0 Å². The highest BCUT2D eigenvalue weighted by Crippen LogP contribution is 2.45. The van der Waals surface area contributed by atoms with Gasteiger partial charge in [0.15, 0.2) is 12.6 Å². The molecule has 3 aliphatic rings. The molecule has 2 heterocycles. The normalized spacial score (nSPS) is 21.6. The molecule has 2 aliphatic heterocycles. The quantitative estimate of drug-likeness (QED) is 0.135. The molecule has 2 aromatic rings. The Morgan fingerprint density at radius 1 is 0.478 bits per heavy atom. The van der Waals surface area contributed by atoms with E-state index in [1.807, 2.05) is 0 Å². The molecule has 0 unspecified atom stereocenters. The lowest BCUT2D eigenvalue weighted by atomic mass is 9.65. The summed E-state index contributed by atoms with van der Waals surface area (Å²) in [6.45, 7) is 4.84. The second-order valence-corrected chi connectivity index (χ2v) is 13.6. The monoisotopic (exact) mass is 636 g/mol. The van der Waals surface area contributed by atoms with Crippen LogP contribution >= 0.6 is 0 Å². The SMILES string of the molecule is c1cc(C2(c3ccc(OCCCCCCO[C@@H]4CCCCO4)cc3)CCCCC2)ccc1OCCCCCCO[C@@H]1CCCCO1. The van der Waals surface area contributed by atoms with Gasteiger partial charge < -0.3 is 28.4 Å². The maximum Gasteiger partial charge on any atom is 0.157 e. The van der Waals surface area contributed by atoms with Crippen molar-refractivity contribution in [2.45, 2.75) is 140 Å². The van der Waals surface area contributed by atoms with Crippen LogP contribution in [-0.4, -0.2) is 52.2 Å². The van der Waals surface area contributed by atoms with Crippen molar-refractivity contribution in [3.8, 4) is 11.5 Å². The Bertz CT molecular complexity index is 973. The average Bonchev–Trinajstić information content (AvgIpc) is 3.12. The van der Waals surface area contributed by atoms with E-state index in [1.54, 1.807) is 0 Å². The van der Waals surface area contributed by atoms with Crippen LogP contribution in [0.5, 0.6) is 11.5 Å². The Kier molecular flexibility index (Phi) is 15.5. The summed E-state index contributed by atoms with van der Waals surface area (Å²) in [5, 5.41) is 0. The Hall–Kier alpha value is -2.12. The van der Waals surface area contributed by atoms with Gasteiger partial charge in [0.1, 0.15) is 11.5 Å². The first-order valence-electron chi connectivity index (χ1n) is 18.7. The van der Waals surface area contributed by atoms with E-state index in [4.69, 9.17) is 28.4 Å². The van der Waals surface area contributed by atoms with Gasteiger partial charge in [-0.05, 0) is 125 Å². The zero-order chi connectivity index (χ0) is 31.5. The van der Waals surface area contributed by atoms with Crippen LogP contribution in [0, 0.1) is 0 Å². The Labute approximate surface area is 278 Å². The van der Waals surface area contributed by atoms with Gasteiger partial charge in [0.05, 0.1) is 13.2 Å². The minimum Gasteiger partial charge on any atom is -0.494 e. The number of rotatable bonds is 20. The smallest absolute Gasteiger partial charge is 0.157 e. The van der Waals surface area contributed by atoms with Crippen LogP contribution in [0.4, 0.5) is 0 Å². The summed E-state index contributed by atoms with van der Waals surface area (Å²) in [6, 6.07) is 17.9. The van der Waals surface area contributed by atoms with Crippen LogP contribution in [-0.2, 0) is 24.4 Å². The molecule has 0 aromatic heterocycles. The molecule has 46 heavy (non-hydrogen) atoms. The molecule has 2 aromatic carbocycles. The van der Waals surface area contributed by atoms with Crippen LogP contribution in [0.3, 0.4) is 0 Å². The molecule has 5 rings (SSSR count). The third-order valence-corrected chi connectivity index (χ3v) is 10.0. The molecule has 3 fully saturated rings. The fourth-order valence-corrected chi connectivity index (χ4v) is 7.25. The Morgan fingerprint density at radius 3 is 1.33 bits per heavy atom. The van der Waals surface area contributed by atoms with E-state index in [0.29, 0.717) is 0 Å². The summed E-state index contributed by atoms with van der Waals surface area (Å²) in [5.41, 5.74) is 2.90. The first kappa shape index (κ1) is 35.2. The van der Waals surface area contributed by atoms with Gasteiger partial charge in [-0.15, -0.1) is 0 Å². The van der Waals surface area contributed by atoms with Gasteiger partial charge in [0.25, 0.3) is 0 Å². The van der Waals surface area contributed by atoms with E-state index in [-0.39, 0.29) is 18.0 Å². The lowest BCUT2D eigenvalue weighted by Crippen LogP contribution is -2.30. The van der Waals surface area contributed by atoms with Gasteiger partial charge in [-0.3, -0.25) is 0 Å². The third kappa shape index (κ3) is 11.5. The van der Waals surface area contributed by atoms with Crippen LogP contribution in [0.15, 0.2) is 48.5 Å². The number of unbranched alkanes of at least 4 members (excludes halogenated alkanes) is 6. The van der Waals surface area contributed by atoms with Gasteiger partial charge in [0.2, 0.25) is 0 Å². The number of hydrogen-bond acceptors (Lipinski definition) is 6. The van der Waals surface area contributed by atoms with Gasteiger partial charge >= 0.3 is 0 Å². The molecule has 2 atom stereocenters. The summed E-state index contributed by atoms with van der Waals surface area (Å²) in [4.78, 5) is 0. The van der Waals surface area contributed by atoms with Crippen molar-refractivity contribution in [3.05, 3.63) is 59.7 Å². The molecule has 6 nitrogen and oxygen atoms in total. The highest BCUT2D eigenvalue weighted by Gasteiger charge is 2.35. The van der Waals surface area contributed by atoms with E-state index >= 15 is 0 Å². The van der Waals surface area contributed by atoms with Crippen LogP contribution < -0.4 is 9.47 Å². The molecule has 0 N–H and O–H groups in total. The summed E-state index contributed by atoms with van der Waals surface area (Å²) in [5.74, 6) is 1.95. The molecular weight excluding hydrogens is 576 g/mol. The van der Waals surface area contributed by atoms with Crippen molar-refractivity contribution < 1.29 is 28.4 Å². The molecule has 1 aliphatic carbocycles. The van der Waals surface area contributed by atoms with E-state index in [2.05, 4.69) is 48.5 Å². The van der Waals surface area contributed by atoms with E-state index in [0.717, 1.165) is 89.7 Å². The summed E-state index contributed by atoms with van der Waals surface area (Å²) in [6.07, 6.45) is 22.2. The number of ether oxygens (including phenoxy) is 6. The predicted molar refractivity (Wildman–Crippen MR) is 184 cm³/mol. The molecule has 256 valence electrons. The molecular formula is C40H60O6. The van der Waals surface area contributed by atoms with Crippen LogP contribution in [0.25, 0.3) is 0 Å². The maximum absolute atomic E-state index is 6.12. The van der Waals surface area contributed by atoms with Crippen molar-refractivity contribution in [1.82, 2.24) is 0 Å². The van der Waals surface area contributed by atoms with Crippen molar-refractivity contribution in [2.24, 2.45) is 0 Å². The summed E-state index contributed by atoms with van der Waals surface area (Å²) in [7, 11) is 0. The predicted octanol–water partition coefficient (Wildman–Crippen LogP) is 9.90. The average molecular weight is 637 g/mol. The largest absolute Gasteiger partial charge is 0.494 e. The Morgan fingerprint density at radius 2 is 0.913 bits per heavy atom. The van der Waals surface area contributed by atoms with Crippen molar-refractivity contribution in [1.29, 1.82) is 0 Å². The first-order valence-corrected chi connectivity index (χ1v) is 18.7. The Balaban J connectivity index is 0.986. The maximum atomic E-state index is 6.12. The summed E-state index contributed by atoms with van der Waals surface area (Å²) >= 11 is 0. The van der Waals surface area contributed by atoms with E-state index < -0.39 is 0 Å². The van der Waals surface area contributed by atoms with Crippen molar-refractivity contribution in [2.75, 3.05) is 39.6 Å². The minimum atomic E-state index is 0.0323. The highest BCUT2D eigenvalue weighted by atomic mass is 16.7. The molecule has 1 saturated carbocycles. The van der Waals surface area contributed by atoms with E-state index in [9.17, 15) is 0 Å². The zero-order valence-corrected chi connectivity index (χ0v) is 28.4. The molecule has 0 amide bonds. The highest BCUT2D eigenvalue weighted by molar-refractivity contribution is 5.43. The fourth-order valence-electron chi connectivity index (χ4n) is 7.25. The molecule has 0 bridgehead atoms. The lowest BCUT2D eigenvalue weighted by Gasteiger charge is -2.38. The topological polar surface area (TPSA) is 55.4 Å². The van der Waals surface area contributed by atoms with E-state index in [1.165, 1.54) is 94.6 Å². The molecule has 0 spiro atoms. The fraction of sp³-hybridized carbons (Fsp3) is 0.700. The third-order valence-electron chi connectivity index (χ3n) is 10.0. The minimum absolute atomic E-state index is 0.0323. The molecule has 2 saturated heterocycles. The van der Waals surface area contributed by atoms with Gasteiger partial charge in [0, 0.05) is 31.8 Å². The zero-order valence-electron chi connectivity index (χ0n) is 28.4. The first-order chi connectivity index (χ1) is 22.8. The van der Waals surface area contributed by atoms with Crippen LogP contribution in [0.2, 0.25) is 0 Å². The van der Waals surface area contributed by atoms with Crippen LogP contribution in [0.1, 0.15) is 133 Å².